The van der Waals surface area contributed by atoms with Crippen LogP contribution in [0.25, 0.3) is 10.2 Å². The second kappa shape index (κ2) is 7.37. The second-order valence-corrected chi connectivity index (χ2v) is 8.97. The van der Waals surface area contributed by atoms with E-state index in [1.54, 1.807) is 28.4 Å². The molecule has 5 nitrogen and oxygen atoms in total. The van der Waals surface area contributed by atoms with Gasteiger partial charge in [0.25, 0.3) is 11.5 Å². The minimum Gasteiger partial charge on any atom is -0.339 e. The molecule has 0 atom stereocenters. The molecule has 150 valence electrons. The first-order valence-corrected chi connectivity index (χ1v) is 11.0. The summed E-state index contributed by atoms with van der Waals surface area (Å²) in [5.41, 5.74) is 1.28. The predicted molar refractivity (Wildman–Crippen MR) is 111 cm³/mol. The quantitative estimate of drug-likeness (QED) is 0.693. The van der Waals surface area contributed by atoms with Crippen molar-refractivity contribution in [3.63, 3.8) is 0 Å². The van der Waals surface area contributed by atoms with Gasteiger partial charge in [0.2, 0.25) is 0 Å². The highest BCUT2D eigenvalue weighted by atomic mass is 32.1. The fraction of sp³-hybridized carbons (Fsp3) is 0.409. The van der Waals surface area contributed by atoms with Gasteiger partial charge in [-0.3, -0.25) is 9.59 Å². The standard InChI is InChI=1S/C22H22FN3O2S/c23-16-7-3-1-5-14(16)22(28)26-11-9-13(10-12-26)19-24-20(27)18-15-6-2-4-8-17(15)29-21(18)25-19/h1,3,5,7,13H,2,4,6,8-12H2,(H,24,25,27). The minimum absolute atomic E-state index is 0.0331. The summed E-state index contributed by atoms with van der Waals surface area (Å²) in [5.74, 6) is 0.0668. The Morgan fingerprint density at radius 1 is 1.17 bits per heavy atom. The first-order valence-electron chi connectivity index (χ1n) is 10.2. The summed E-state index contributed by atoms with van der Waals surface area (Å²) in [7, 11) is 0. The number of piperidine rings is 1. The molecule has 1 aromatic carbocycles. The molecule has 7 heteroatoms. The number of aromatic amines is 1. The average molecular weight is 412 g/mol. The molecule has 29 heavy (non-hydrogen) atoms. The van der Waals surface area contributed by atoms with E-state index < -0.39 is 5.82 Å². The van der Waals surface area contributed by atoms with E-state index in [1.807, 2.05) is 0 Å². The molecule has 1 N–H and O–H groups in total. The van der Waals surface area contributed by atoms with Crippen molar-refractivity contribution in [1.82, 2.24) is 14.9 Å². The van der Waals surface area contributed by atoms with Gasteiger partial charge in [0, 0.05) is 23.9 Å². The first kappa shape index (κ1) is 18.5. The van der Waals surface area contributed by atoms with Crippen LogP contribution in [-0.4, -0.2) is 33.9 Å². The number of likely N-dealkylation sites (tertiary alicyclic amines) is 1. The molecule has 0 bridgehead atoms. The van der Waals surface area contributed by atoms with Crippen molar-refractivity contribution in [2.75, 3.05) is 13.1 Å². The number of benzene rings is 1. The third-order valence-corrected chi connectivity index (χ3v) is 7.30. The number of halogens is 1. The first-order chi connectivity index (χ1) is 14.1. The molecule has 1 fully saturated rings. The normalized spacial score (nSPS) is 17.5. The zero-order valence-corrected chi connectivity index (χ0v) is 16.9. The summed E-state index contributed by atoms with van der Waals surface area (Å²) in [5, 5.41) is 0.778. The Morgan fingerprint density at radius 3 is 2.72 bits per heavy atom. The summed E-state index contributed by atoms with van der Waals surface area (Å²) in [6.07, 6.45) is 5.74. The highest BCUT2D eigenvalue weighted by Crippen LogP contribution is 2.35. The van der Waals surface area contributed by atoms with Crippen LogP contribution in [0, 0.1) is 5.82 Å². The monoisotopic (exact) mass is 411 g/mol. The van der Waals surface area contributed by atoms with Crippen LogP contribution in [-0.2, 0) is 12.8 Å². The smallest absolute Gasteiger partial charge is 0.259 e. The fourth-order valence-corrected chi connectivity index (χ4v) is 5.80. The number of fused-ring (bicyclic) bond motifs is 3. The Balaban J connectivity index is 1.36. The van der Waals surface area contributed by atoms with E-state index >= 15 is 0 Å². The average Bonchev–Trinajstić information content (AvgIpc) is 3.13. The molecule has 0 saturated carbocycles. The van der Waals surface area contributed by atoms with E-state index in [-0.39, 0.29) is 22.9 Å². The van der Waals surface area contributed by atoms with Gasteiger partial charge in [-0.25, -0.2) is 9.37 Å². The number of thiophene rings is 1. The summed E-state index contributed by atoms with van der Waals surface area (Å²) in [4.78, 5) is 37.1. The van der Waals surface area contributed by atoms with E-state index in [1.165, 1.54) is 29.0 Å². The largest absolute Gasteiger partial charge is 0.339 e. The molecule has 0 radical (unpaired) electrons. The number of hydrogen-bond donors (Lipinski definition) is 1. The molecular formula is C22H22FN3O2S. The molecule has 0 unspecified atom stereocenters. The molecule has 1 amide bonds. The summed E-state index contributed by atoms with van der Waals surface area (Å²) < 4.78 is 13.9. The maximum atomic E-state index is 13.9. The Bertz CT molecular complexity index is 1140. The van der Waals surface area contributed by atoms with Gasteiger partial charge >= 0.3 is 0 Å². The summed E-state index contributed by atoms with van der Waals surface area (Å²) >= 11 is 1.66. The fourth-order valence-electron chi connectivity index (χ4n) is 4.53. The number of H-pyrrole nitrogens is 1. The van der Waals surface area contributed by atoms with Crippen LogP contribution in [0.1, 0.15) is 58.2 Å². The molecule has 5 rings (SSSR count). The molecule has 2 aromatic heterocycles. The van der Waals surface area contributed by atoms with E-state index in [2.05, 4.69) is 4.98 Å². The van der Waals surface area contributed by atoms with Crippen LogP contribution < -0.4 is 5.56 Å². The van der Waals surface area contributed by atoms with E-state index in [0.29, 0.717) is 25.9 Å². The lowest BCUT2D eigenvalue weighted by atomic mass is 9.95. The number of carbonyl (C=O) groups excluding carboxylic acids is 1. The number of aryl methyl sites for hydroxylation is 2. The molecule has 1 aliphatic heterocycles. The maximum Gasteiger partial charge on any atom is 0.259 e. The van der Waals surface area contributed by atoms with Crippen LogP contribution in [0.15, 0.2) is 29.1 Å². The van der Waals surface area contributed by atoms with Crippen LogP contribution >= 0.6 is 11.3 Å². The lowest BCUT2D eigenvalue weighted by molar-refractivity contribution is 0.0706. The van der Waals surface area contributed by atoms with Crippen molar-refractivity contribution in [2.24, 2.45) is 0 Å². The number of nitrogens with one attached hydrogen (secondary N) is 1. The number of rotatable bonds is 2. The molecular weight excluding hydrogens is 389 g/mol. The van der Waals surface area contributed by atoms with Crippen LogP contribution in [0.4, 0.5) is 4.39 Å². The number of nitrogens with zero attached hydrogens (tertiary/aromatic N) is 2. The third kappa shape index (κ3) is 3.27. The van der Waals surface area contributed by atoms with Gasteiger partial charge in [0.05, 0.1) is 10.9 Å². The van der Waals surface area contributed by atoms with Gasteiger partial charge in [0.1, 0.15) is 16.5 Å². The van der Waals surface area contributed by atoms with Crippen molar-refractivity contribution in [2.45, 2.75) is 44.4 Å². The highest BCUT2D eigenvalue weighted by Gasteiger charge is 2.28. The minimum atomic E-state index is -0.488. The predicted octanol–water partition coefficient (Wildman–Crippen LogP) is 4.02. The Labute approximate surface area is 171 Å². The Kier molecular flexibility index (Phi) is 4.70. The number of aromatic nitrogens is 2. The topological polar surface area (TPSA) is 66.1 Å². The Hall–Kier alpha value is -2.54. The number of hydrogen-bond acceptors (Lipinski definition) is 4. The number of amides is 1. The molecule has 2 aliphatic rings. The summed E-state index contributed by atoms with van der Waals surface area (Å²) in [6, 6.07) is 6.09. The van der Waals surface area contributed by atoms with Gasteiger partial charge in [-0.1, -0.05) is 12.1 Å². The maximum absolute atomic E-state index is 13.9. The van der Waals surface area contributed by atoms with Crippen molar-refractivity contribution >= 4 is 27.5 Å². The van der Waals surface area contributed by atoms with Crippen LogP contribution in [0.3, 0.4) is 0 Å². The van der Waals surface area contributed by atoms with E-state index in [4.69, 9.17) is 4.98 Å². The zero-order valence-electron chi connectivity index (χ0n) is 16.0. The highest BCUT2D eigenvalue weighted by molar-refractivity contribution is 7.18. The van der Waals surface area contributed by atoms with Gasteiger partial charge in [-0.05, 0) is 56.2 Å². The molecule has 1 saturated heterocycles. The zero-order chi connectivity index (χ0) is 20.0. The van der Waals surface area contributed by atoms with Crippen molar-refractivity contribution in [3.05, 3.63) is 62.3 Å². The van der Waals surface area contributed by atoms with Gasteiger partial charge in [0.15, 0.2) is 0 Å². The van der Waals surface area contributed by atoms with Crippen molar-refractivity contribution in [3.8, 4) is 0 Å². The third-order valence-electron chi connectivity index (χ3n) is 6.12. The molecule has 0 spiro atoms. The van der Waals surface area contributed by atoms with Crippen LogP contribution in [0.5, 0.6) is 0 Å². The Morgan fingerprint density at radius 2 is 1.93 bits per heavy atom. The lowest BCUT2D eigenvalue weighted by Crippen LogP contribution is -2.38. The molecule has 3 aromatic rings. The van der Waals surface area contributed by atoms with Crippen molar-refractivity contribution < 1.29 is 9.18 Å². The summed E-state index contributed by atoms with van der Waals surface area (Å²) in [6.45, 7) is 1.06. The van der Waals surface area contributed by atoms with E-state index in [9.17, 15) is 14.0 Å². The molecule has 3 heterocycles. The van der Waals surface area contributed by atoms with Crippen molar-refractivity contribution in [1.29, 1.82) is 0 Å². The van der Waals surface area contributed by atoms with Gasteiger partial charge < -0.3 is 9.88 Å². The number of carbonyl (C=O) groups is 1. The lowest BCUT2D eigenvalue weighted by Gasteiger charge is -2.31. The SMILES string of the molecule is O=C(c1ccccc1F)N1CCC(c2nc3sc4c(c3c(=O)[nH]2)CCCC4)CC1. The van der Waals surface area contributed by atoms with E-state index in [0.717, 1.165) is 35.3 Å². The second-order valence-electron chi connectivity index (χ2n) is 7.89. The van der Waals surface area contributed by atoms with Crippen LogP contribution in [0.2, 0.25) is 0 Å². The van der Waals surface area contributed by atoms with Gasteiger partial charge in [-0.15, -0.1) is 11.3 Å². The molecule has 1 aliphatic carbocycles. The van der Waals surface area contributed by atoms with Gasteiger partial charge in [-0.2, -0.15) is 0 Å².